The number of aliphatic imine (C=N–C) groups is 1. The minimum absolute atomic E-state index is 0. The van der Waals surface area contributed by atoms with E-state index < -0.39 is 10.0 Å². The summed E-state index contributed by atoms with van der Waals surface area (Å²) in [4.78, 5) is 8.89. The summed E-state index contributed by atoms with van der Waals surface area (Å²) in [5.74, 6) is 0.672. The highest BCUT2D eigenvalue weighted by molar-refractivity contribution is 14.0. The highest BCUT2D eigenvalue weighted by atomic mass is 127. The molecule has 0 spiro atoms. The Morgan fingerprint density at radius 1 is 1.10 bits per heavy atom. The van der Waals surface area contributed by atoms with Gasteiger partial charge in [-0.15, -0.1) is 24.0 Å². The second-order valence-corrected chi connectivity index (χ2v) is 8.97. The number of piperidine rings is 1. The van der Waals surface area contributed by atoms with Crippen LogP contribution in [0.1, 0.15) is 30.5 Å². The van der Waals surface area contributed by atoms with Crippen LogP contribution in [0, 0.1) is 0 Å². The zero-order chi connectivity index (χ0) is 20.5. The molecule has 7 nitrogen and oxygen atoms in total. The van der Waals surface area contributed by atoms with Crippen LogP contribution in [0.5, 0.6) is 0 Å². The minimum atomic E-state index is -3.42. The quantitative estimate of drug-likeness (QED) is 0.319. The number of nitrogens with one attached hydrogen (secondary N) is 2. The lowest BCUT2D eigenvalue weighted by Gasteiger charge is -2.26. The second-order valence-electron chi connectivity index (χ2n) is 7.04. The first-order valence-corrected chi connectivity index (χ1v) is 11.5. The van der Waals surface area contributed by atoms with Crippen molar-refractivity contribution in [3.63, 3.8) is 0 Å². The summed E-state index contributed by atoms with van der Waals surface area (Å²) >= 11 is 0. The fourth-order valence-electron chi connectivity index (χ4n) is 3.33. The molecule has 0 radical (unpaired) electrons. The van der Waals surface area contributed by atoms with Crippen molar-refractivity contribution >= 4 is 40.0 Å². The molecule has 0 bridgehead atoms. The van der Waals surface area contributed by atoms with Crippen LogP contribution in [0.3, 0.4) is 0 Å². The summed E-state index contributed by atoms with van der Waals surface area (Å²) in [6.45, 7) is 2.42. The summed E-state index contributed by atoms with van der Waals surface area (Å²) in [6.07, 6.45) is 5.54. The topological polar surface area (TPSA) is 86.7 Å². The molecule has 1 fully saturated rings. The monoisotopic (exact) mass is 543 g/mol. The summed E-state index contributed by atoms with van der Waals surface area (Å²) < 4.78 is 27.3. The van der Waals surface area contributed by atoms with Crippen molar-refractivity contribution in [2.75, 3.05) is 26.7 Å². The molecule has 30 heavy (non-hydrogen) atoms. The Bertz CT molecular complexity index is 916. The molecule has 2 heterocycles. The van der Waals surface area contributed by atoms with Gasteiger partial charge in [-0.25, -0.2) is 8.42 Å². The van der Waals surface area contributed by atoms with Crippen LogP contribution in [0.2, 0.25) is 0 Å². The van der Waals surface area contributed by atoms with Gasteiger partial charge in [-0.1, -0.05) is 24.6 Å². The predicted octanol–water partition coefficient (Wildman–Crippen LogP) is 2.78. The van der Waals surface area contributed by atoms with E-state index in [2.05, 4.69) is 20.6 Å². The SMILES string of the molecule is CN=C(NCCc1ccccn1)NCc1cccc(S(=O)(=O)N2CCCCC2)c1.I. The van der Waals surface area contributed by atoms with E-state index in [9.17, 15) is 8.42 Å². The molecule has 2 N–H and O–H groups in total. The molecule has 1 aromatic heterocycles. The van der Waals surface area contributed by atoms with Crippen LogP contribution < -0.4 is 10.6 Å². The summed E-state index contributed by atoms with van der Waals surface area (Å²) in [6, 6.07) is 13.0. The number of benzene rings is 1. The van der Waals surface area contributed by atoms with E-state index >= 15 is 0 Å². The van der Waals surface area contributed by atoms with Crippen molar-refractivity contribution in [1.82, 2.24) is 19.9 Å². The first-order valence-electron chi connectivity index (χ1n) is 10.0. The number of pyridine rings is 1. The zero-order valence-electron chi connectivity index (χ0n) is 17.3. The molecule has 164 valence electrons. The molecule has 0 atom stereocenters. The second kappa shape index (κ2) is 12.2. The third kappa shape index (κ3) is 6.92. The van der Waals surface area contributed by atoms with E-state index in [1.165, 1.54) is 0 Å². The molecule has 1 saturated heterocycles. The van der Waals surface area contributed by atoms with Gasteiger partial charge in [-0.05, 0) is 42.7 Å². The maximum Gasteiger partial charge on any atom is 0.243 e. The summed E-state index contributed by atoms with van der Waals surface area (Å²) in [7, 11) is -1.71. The molecule has 0 saturated carbocycles. The number of sulfonamides is 1. The third-order valence-corrected chi connectivity index (χ3v) is 6.83. The Labute approximate surface area is 196 Å². The maximum atomic E-state index is 12.9. The van der Waals surface area contributed by atoms with Gasteiger partial charge >= 0.3 is 0 Å². The van der Waals surface area contributed by atoms with Crippen LogP contribution in [-0.2, 0) is 23.0 Å². The highest BCUT2D eigenvalue weighted by Gasteiger charge is 2.25. The van der Waals surface area contributed by atoms with Gasteiger partial charge in [0.25, 0.3) is 0 Å². The average molecular weight is 543 g/mol. The molecule has 9 heteroatoms. The van der Waals surface area contributed by atoms with Gasteiger partial charge in [0.1, 0.15) is 0 Å². The van der Waals surface area contributed by atoms with E-state index in [0.29, 0.717) is 37.0 Å². The molecule has 0 unspecified atom stereocenters. The van der Waals surface area contributed by atoms with Crippen LogP contribution in [0.15, 0.2) is 58.5 Å². The zero-order valence-corrected chi connectivity index (χ0v) is 20.4. The van der Waals surface area contributed by atoms with Crippen molar-refractivity contribution in [1.29, 1.82) is 0 Å². The van der Waals surface area contributed by atoms with Crippen molar-refractivity contribution in [2.45, 2.75) is 37.1 Å². The number of hydrogen-bond donors (Lipinski definition) is 2. The van der Waals surface area contributed by atoms with Gasteiger partial charge in [0.15, 0.2) is 5.96 Å². The van der Waals surface area contributed by atoms with Crippen molar-refractivity contribution in [3.05, 3.63) is 59.9 Å². The molecule has 3 rings (SSSR count). The number of nitrogens with zero attached hydrogens (tertiary/aromatic N) is 3. The minimum Gasteiger partial charge on any atom is -0.356 e. The molecular formula is C21H30IN5O2S. The molecule has 1 aromatic carbocycles. The number of guanidine groups is 1. The van der Waals surface area contributed by atoms with Gasteiger partial charge in [0.2, 0.25) is 10.0 Å². The van der Waals surface area contributed by atoms with Crippen LogP contribution >= 0.6 is 24.0 Å². The highest BCUT2D eigenvalue weighted by Crippen LogP contribution is 2.21. The van der Waals surface area contributed by atoms with Gasteiger partial charge in [-0.2, -0.15) is 4.31 Å². The number of aromatic nitrogens is 1. The van der Waals surface area contributed by atoms with Crippen molar-refractivity contribution in [3.8, 4) is 0 Å². The molecule has 0 amide bonds. The van der Waals surface area contributed by atoms with Gasteiger partial charge in [0.05, 0.1) is 4.90 Å². The maximum absolute atomic E-state index is 12.9. The van der Waals surface area contributed by atoms with Crippen molar-refractivity contribution in [2.24, 2.45) is 4.99 Å². The standard InChI is InChI=1S/C21H29N5O2S.HI/c1-22-21(24-13-11-19-9-3-4-12-23-19)25-17-18-8-7-10-20(16-18)29(27,28)26-14-5-2-6-15-26;/h3-4,7-10,12,16H,2,5-6,11,13-15,17H2,1H3,(H2,22,24,25);1H. The average Bonchev–Trinajstić information content (AvgIpc) is 2.77. The Morgan fingerprint density at radius 2 is 1.90 bits per heavy atom. The van der Waals surface area contributed by atoms with Crippen LogP contribution in [0.4, 0.5) is 0 Å². The van der Waals surface area contributed by atoms with Gasteiger partial charge in [0, 0.05) is 51.5 Å². The van der Waals surface area contributed by atoms with Gasteiger partial charge in [-0.3, -0.25) is 9.98 Å². The van der Waals surface area contributed by atoms with Crippen LogP contribution in [0.25, 0.3) is 0 Å². The Hall–Kier alpha value is -1.72. The van der Waals surface area contributed by atoms with E-state index in [1.807, 2.05) is 24.3 Å². The first kappa shape index (κ1) is 24.5. The van der Waals surface area contributed by atoms with E-state index in [0.717, 1.165) is 36.9 Å². The van der Waals surface area contributed by atoms with E-state index in [-0.39, 0.29) is 24.0 Å². The molecule has 1 aliphatic rings. The lowest BCUT2D eigenvalue weighted by Crippen LogP contribution is -2.38. The third-order valence-electron chi connectivity index (χ3n) is 4.93. The Kier molecular flexibility index (Phi) is 9.99. The lowest BCUT2D eigenvalue weighted by atomic mass is 10.2. The molecular weight excluding hydrogens is 513 g/mol. The summed E-state index contributed by atoms with van der Waals surface area (Å²) in [5.41, 5.74) is 1.92. The Balaban J connectivity index is 0.00000320. The van der Waals surface area contributed by atoms with Gasteiger partial charge < -0.3 is 10.6 Å². The van der Waals surface area contributed by atoms with E-state index in [1.54, 1.807) is 35.7 Å². The number of hydrogen-bond acceptors (Lipinski definition) is 4. The fourth-order valence-corrected chi connectivity index (χ4v) is 4.92. The molecule has 2 aromatic rings. The van der Waals surface area contributed by atoms with Crippen molar-refractivity contribution < 1.29 is 8.42 Å². The Morgan fingerprint density at radius 3 is 2.60 bits per heavy atom. The molecule has 0 aliphatic carbocycles. The van der Waals surface area contributed by atoms with Crippen LogP contribution in [-0.4, -0.2) is 50.3 Å². The summed E-state index contributed by atoms with van der Waals surface area (Å²) in [5, 5.41) is 6.50. The normalized spacial score (nSPS) is 15.3. The number of halogens is 1. The first-order chi connectivity index (χ1) is 14.1. The predicted molar refractivity (Wildman–Crippen MR) is 131 cm³/mol. The smallest absolute Gasteiger partial charge is 0.243 e. The number of rotatable bonds is 7. The lowest BCUT2D eigenvalue weighted by molar-refractivity contribution is 0.346. The molecule has 1 aliphatic heterocycles. The fraction of sp³-hybridized carbons (Fsp3) is 0.429. The largest absolute Gasteiger partial charge is 0.356 e. The van der Waals surface area contributed by atoms with E-state index in [4.69, 9.17) is 0 Å².